The van der Waals surface area contributed by atoms with Crippen molar-refractivity contribution in [2.45, 2.75) is 37.8 Å². The molecule has 0 unspecified atom stereocenters. The molecule has 1 saturated carbocycles. The second kappa shape index (κ2) is 4.39. The van der Waals surface area contributed by atoms with E-state index in [0.717, 1.165) is 25.7 Å². The highest BCUT2D eigenvalue weighted by atomic mass is 32.2. The number of hydrogen-bond acceptors (Lipinski definition) is 3. The van der Waals surface area contributed by atoms with E-state index in [1.54, 1.807) is 0 Å². The van der Waals surface area contributed by atoms with Gasteiger partial charge in [0.2, 0.25) is 10.0 Å². The smallest absolute Gasteiger partial charge is 0.208 e. The van der Waals surface area contributed by atoms with Crippen molar-refractivity contribution >= 4 is 10.0 Å². The van der Waals surface area contributed by atoms with Crippen LogP contribution in [0.2, 0.25) is 0 Å². The molecule has 0 amide bonds. The minimum absolute atomic E-state index is 0.152. The molecule has 0 radical (unpaired) electrons. The minimum atomic E-state index is -3.02. The predicted octanol–water partition coefficient (Wildman–Crippen LogP) is 0.0662. The molecule has 0 aromatic carbocycles. The molecule has 0 aromatic heterocycles. The maximum atomic E-state index is 10.9. The lowest BCUT2D eigenvalue weighted by Crippen LogP contribution is -2.40. The van der Waals surface area contributed by atoms with Gasteiger partial charge in [-0.1, -0.05) is 0 Å². The molecular formula is C8H18N2O2S. The molecule has 1 fully saturated rings. The Labute approximate surface area is 80.1 Å². The van der Waals surface area contributed by atoms with Crippen LogP contribution in [0.25, 0.3) is 0 Å². The summed E-state index contributed by atoms with van der Waals surface area (Å²) >= 11 is 0. The van der Waals surface area contributed by atoms with Gasteiger partial charge < -0.3 is 5.32 Å². The fourth-order valence-electron chi connectivity index (χ4n) is 1.80. The standard InChI is InChI=1S/C8H18N2O2S/c1-9-7-3-5-8(6-4-7)10-13(2,11)12/h7-10H,3-6H2,1-2H3/t7-,8+. The molecule has 0 aromatic rings. The summed E-state index contributed by atoms with van der Waals surface area (Å²) < 4.78 is 24.5. The number of hydrogen-bond donors (Lipinski definition) is 2. The van der Waals surface area contributed by atoms with Gasteiger partial charge in [0, 0.05) is 12.1 Å². The van der Waals surface area contributed by atoms with E-state index in [9.17, 15) is 8.42 Å². The summed E-state index contributed by atoms with van der Waals surface area (Å²) in [5.41, 5.74) is 0. The first-order valence-electron chi connectivity index (χ1n) is 4.66. The van der Waals surface area contributed by atoms with Gasteiger partial charge in [-0.15, -0.1) is 0 Å². The van der Waals surface area contributed by atoms with E-state index in [0.29, 0.717) is 6.04 Å². The largest absolute Gasteiger partial charge is 0.317 e. The molecule has 13 heavy (non-hydrogen) atoms. The topological polar surface area (TPSA) is 58.2 Å². The lowest BCUT2D eigenvalue weighted by atomic mass is 9.92. The Morgan fingerprint density at radius 2 is 1.54 bits per heavy atom. The molecule has 0 saturated heterocycles. The Balaban J connectivity index is 2.33. The molecule has 1 rings (SSSR count). The SMILES string of the molecule is CN[C@H]1CC[C@@H](NS(C)(=O)=O)CC1. The average molecular weight is 206 g/mol. The zero-order valence-electron chi connectivity index (χ0n) is 8.21. The highest BCUT2D eigenvalue weighted by Gasteiger charge is 2.21. The quantitative estimate of drug-likeness (QED) is 0.687. The van der Waals surface area contributed by atoms with Gasteiger partial charge in [-0.25, -0.2) is 13.1 Å². The van der Waals surface area contributed by atoms with E-state index in [-0.39, 0.29) is 6.04 Å². The van der Waals surface area contributed by atoms with Crippen LogP contribution in [0.1, 0.15) is 25.7 Å². The molecule has 78 valence electrons. The van der Waals surface area contributed by atoms with Gasteiger partial charge in [-0.05, 0) is 32.7 Å². The summed E-state index contributed by atoms with van der Waals surface area (Å²) in [6, 6.07) is 0.720. The van der Waals surface area contributed by atoms with Crippen LogP contribution in [-0.4, -0.2) is 33.8 Å². The highest BCUT2D eigenvalue weighted by Crippen LogP contribution is 2.18. The van der Waals surface area contributed by atoms with E-state index in [2.05, 4.69) is 10.0 Å². The van der Waals surface area contributed by atoms with Crippen molar-refractivity contribution in [3.8, 4) is 0 Å². The third-order valence-corrected chi connectivity index (χ3v) is 3.28. The molecule has 2 N–H and O–H groups in total. The van der Waals surface area contributed by atoms with Crippen LogP contribution in [0.4, 0.5) is 0 Å². The van der Waals surface area contributed by atoms with E-state index in [1.807, 2.05) is 7.05 Å². The first-order valence-corrected chi connectivity index (χ1v) is 6.55. The Morgan fingerprint density at radius 1 is 1.08 bits per heavy atom. The van der Waals surface area contributed by atoms with Crippen molar-refractivity contribution in [3.63, 3.8) is 0 Å². The zero-order valence-corrected chi connectivity index (χ0v) is 9.02. The monoisotopic (exact) mass is 206 g/mol. The number of sulfonamides is 1. The van der Waals surface area contributed by atoms with Crippen molar-refractivity contribution in [1.82, 2.24) is 10.0 Å². The maximum Gasteiger partial charge on any atom is 0.208 e. The normalized spacial score (nSPS) is 30.3. The fourth-order valence-corrected chi connectivity index (χ4v) is 2.64. The molecular weight excluding hydrogens is 188 g/mol. The summed E-state index contributed by atoms with van der Waals surface area (Å²) in [4.78, 5) is 0. The van der Waals surface area contributed by atoms with Gasteiger partial charge in [0.15, 0.2) is 0 Å². The maximum absolute atomic E-state index is 10.9. The second-order valence-electron chi connectivity index (χ2n) is 3.73. The summed E-state index contributed by atoms with van der Waals surface area (Å²) in [6.07, 6.45) is 5.22. The van der Waals surface area contributed by atoms with Crippen LogP contribution in [0.3, 0.4) is 0 Å². The predicted molar refractivity (Wildman–Crippen MR) is 53.1 cm³/mol. The van der Waals surface area contributed by atoms with Crippen LogP contribution >= 0.6 is 0 Å². The Morgan fingerprint density at radius 3 is 1.92 bits per heavy atom. The summed E-state index contributed by atoms with van der Waals surface area (Å²) in [5.74, 6) is 0. The molecule has 1 aliphatic rings. The Bertz CT molecular complexity index is 243. The van der Waals surface area contributed by atoms with Crippen molar-refractivity contribution in [3.05, 3.63) is 0 Å². The zero-order chi connectivity index (χ0) is 9.90. The van der Waals surface area contributed by atoms with Crippen LogP contribution in [0.15, 0.2) is 0 Å². The van der Waals surface area contributed by atoms with Gasteiger partial charge >= 0.3 is 0 Å². The van der Waals surface area contributed by atoms with E-state index >= 15 is 0 Å². The third kappa shape index (κ3) is 4.06. The molecule has 0 aliphatic heterocycles. The first kappa shape index (κ1) is 10.9. The van der Waals surface area contributed by atoms with Crippen molar-refractivity contribution in [1.29, 1.82) is 0 Å². The molecule has 5 heteroatoms. The lowest BCUT2D eigenvalue weighted by Gasteiger charge is -2.28. The third-order valence-electron chi connectivity index (χ3n) is 2.52. The Kier molecular flexibility index (Phi) is 3.70. The molecule has 1 aliphatic carbocycles. The average Bonchev–Trinajstić information content (AvgIpc) is 2.03. The van der Waals surface area contributed by atoms with Crippen molar-refractivity contribution in [2.24, 2.45) is 0 Å². The molecule has 0 atom stereocenters. The first-order chi connectivity index (χ1) is 6.01. The van der Waals surface area contributed by atoms with Crippen LogP contribution in [0, 0.1) is 0 Å². The van der Waals surface area contributed by atoms with Gasteiger partial charge in [0.05, 0.1) is 6.26 Å². The van der Waals surface area contributed by atoms with Crippen molar-refractivity contribution in [2.75, 3.05) is 13.3 Å². The molecule has 0 bridgehead atoms. The highest BCUT2D eigenvalue weighted by molar-refractivity contribution is 7.88. The van der Waals surface area contributed by atoms with Crippen molar-refractivity contribution < 1.29 is 8.42 Å². The van der Waals surface area contributed by atoms with E-state index in [1.165, 1.54) is 6.26 Å². The van der Waals surface area contributed by atoms with Gasteiger partial charge in [-0.3, -0.25) is 0 Å². The van der Waals surface area contributed by atoms with Crippen LogP contribution in [-0.2, 0) is 10.0 Å². The summed E-state index contributed by atoms with van der Waals surface area (Å²) in [5, 5.41) is 3.21. The fraction of sp³-hybridized carbons (Fsp3) is 1.00. The minimum Gasteiger partial charge on any atom is -0.317 e. The van der Waals surface area contributed by atoms with Crippen LogP contribution in [0.5, 0.6) is 0 Å². The van der Waals surface area contributed by atoms with Gasteiger partial charge in [0.1, 0.15) is 0 Å². The van der Waals surface area contributed by atoms with Gasteiger partial charge in [-0.2, -0.15) is 0 Å². The molecule has 0 heterocycles. The van der Waals surface area contributed by atoms with E-state index < -0.39 is 10.0 Å². The molecule has 4 nitrogen and oxygen atoms in total. The number of rotatable bonds is 3. The molecule has 0 spiro atoms. The lowest BCUT2D eigenvalue weighted by molar-refractivity contribution is 0.343. The number of nitrogens with one attached hydrogen (secondary N) is 2. The summed E-state index contributed by atoms with van der Waals surface area (Å²) in [6.45, 7) is 0. The van der Waals surface area contributed by atoms with E-state index in [4.69, 9.17) is 0 Å². The van der Waals surface area contributed by atoms with Gasteiger partial charge in [0.25, 0.3) is 0 Å². The second-order valence-corrected chi connectivity index (χ2v) is 5.51. The van der Waals surface area contributed by atoms with Crippen LogP contribution < -0.4 is 10.0 Å². The Hall–Kier alpha value is -0.130. The summed E-state index contributed by atoms with van der Waals surface area (Å²) in [7, 11) is -1.07.